The van der Waals surface area contributed by atoms with Gasteiger partial charge in [-0.3, -0.25) is 5.10 Å². The number of nitrogens with two attached hydrogens (primary N) is 1. The van der Waals surface area contributed by atoms with E-state index in [9.17, 15) is 0 Å². The van der Waals surface area contributed by atoms with Crippen LogP contribution in [0.1, 0.15) is 12.6 Å². The summed E-state index contributed by atoms with van der Waals surface area (Å²) in [5.41, 5.74) is 6.47. The van der Waals surface area contributed by atoms with Gasteiger partial charge in [0.05, 0.1) is 16.4 Å². The quantitative estimate of drug-likeness (QED) is 0.787. The van der Waals surface area contributed by atoms with Crippen LogP contribution in [-0.4, -0.2) is 16.2 Å². The Labute approximate surface area is 73.8 Å². The Morgan fingerprint density at radius 1 is 1.82 bits per heavy atom. The number of rotatable bonds is 2. The number of halogens is 1. The summed E-state index contributed by atoms with van der Waals surface area (Å²) in [6, 6.07) is 0.0743. The molecule has 60 valence electrons. The van der Waals surface area contributed by atoms with Crippen LogP contribution >= 0.6 is 15.9 Å². The minimum absolute atomic E-state index is 0.0743. The summed E-state index contributed by atoms with van der Waals surface area (Å²) in [5, 5.41) is 6.66. The highest BCUT2D eigenvalue weighted by molar-refractivity contribution is 9.10. The number of aromatic amines is 1. The molecule has 0 saturated heterocycles. The van der Waals surface area contributed by atoms with Crippen molar-refractivity contribution in [2.45, 2.75) is 13.0 Å². The first kappa shape index (κ1) is 8.49. The van der Waals surface area contributed by atoms with E-state index >= 15 is 0 Å². The summed E-state index contributed by atoms with van der Waals surface area (Å²) in [4.78, 5) is 0. The van der Waals surface area contributed by atoms with Gasteiger partial charge in [-0.25, -0.2) is 0 Å². The topological polar surface area (TPSA) is 54.7 Å². The van der Waals surface area contributed by atoms with E-state index in [1.54, 1.807) is 6.20 Å². The fourth-order valence-corrected chi connectivity index (χ4v) is 0.970. The van der Waals surface area contributed by atoms with Gasteiger partial charge in [0.15, 0.2) is 0 Å². The van der Waals surface area contributed by atoms with Crippen molar-refractivity contribution < 1.29 is 0 Å². The molecule has 1 heterocycles. The average Bonchev–Trinajstić information content (AvgIpc) is 2.31. The van der Waals surface area contributed by atoms with Crippen molar-refractivity contribution in [1.82, 2.24) is 10.2 Å². The van der Waals surface area contributed by atoms with E-state index in [4.69, 9.17) is 5.73 Å². The molecule has 0 aliphatic carbocycles. The normalized spacial score (nSPS) is 14.1. The SMILES string of the molecule is CC(N)/C=C/c1[nH]ncc1Br. The maximum atomic E-state index is 5.52. The second kappa shape index (κ2) is 3.69. The van der Waals surface area contributed by atoms with E-state index in [1.165, 1.54) is 0 Å². The fraction of sp³-hybridized carbons (Fsp3) is 0.286. The number of H-pyrrole nitrogens is 1. The Bertz CT molecular complexity index is 252. The molecule has 0 aliphatic rings. The first-order valence-corrected chi connectivity index (χ1v) is 4.12. The molecular weight excluding hydrogens is 206 g/mol. The van der Waals surface area contributed by atoms with Gasteiger partial charge in [-0.05, 0) is 28.9 Å². The maximum Gasteiger partial charge on any atom is 0.0717 e. The molecule has 1 aromatic heterocycles. The van der Waals surface area contributed by atoms with Crippen molar-refractivity contribution in [3.8, 4) is 0 Å². The second-order valence-electron chi connectivity index (χ2n) is 2.35. The van der Waals surface area contributed by atoms with Gasteiger partial charge in [-0.1, -0.05) is 6.08 Å². The second-order valence-corrected chi connectivity index (χ2v) is 3.20. The summed E-state index contributed by atoms with van der Waals surface area (Å²) < 4.78 is 0.953. The third kappa shape index (κ3) is 2.48. The zero-order chi connectivity index (χ0) is 8.27. The van der Waals surface area contributed by atoms with Crippen molar-refractivity contribution in [1.29, 1.82) is 0 Å². The molecule has 3 nitrogen and oxygen atoms in total. The number of hydrogen-bond acceptors (Lipinski definition) is 2. The first-order chi connectivity index (χ1) is 5.20. The van der Waals surface area contributed by atoms with Crippen molar-refractivity contribution in [2.24, 2.45) is 5.73 Å². The van der Waals surface area contributed by atoms with E-state index in [-0.39, 0.29) is 6.04 Å². The van der Waals surface area contributed by atoms with Crippen LogP contribution in [0.15, 0.2) is 16.7 Å². The van der Waals surface area contributed by atoms with Gasteiger partial charge in [0.25, 0.3) is 0 Å². The monoisotopic (exact) mass is 215 g/mol. The zero-order valence-electron chi connectivity index (χ0n) is 6.21. The molecule has 0 bridgehead atoms. The van der Waals surface area contributed by atoms with E-state index in [0.717, 1.165) is 10.2 Å². The minimum atomic E-state index is 0.0743. The molecule has 3 N–H and O–H groups in total. The number of hydrogen-bond donors (Lipinski definition) is 2. The molecule has 0 saturated carbocycles. The van der Waals surface area contributed by atoms with E-state index in [0.29, 0.717) is 0 Å². The van der Waals surface area contributed by atoms with Crippen LogP contribution in [0, 0.1) is 0 Å². The highest BCUT2D eigenvalue weighted by Gasteiger charge is 1.95. The molecule has 1 atom stereocenters. The van der Waals surface area contributed by atoms with Crippen LogP contribution in [0.3, 0.4) is 0 Å². The lowest BCUT2D eigenvalue weighted by molar-refractivity contribution is 0.929. The first-order valence-electron chi connectivity index (χ1n) is 3.33. The highest BCUT2D eigenvalue weighted by Crippen LogP contribution is 2.13. The molecule has 0 radical (unpaired) electrons. The smallest absolute Gasteiger partial charge is 0.0717 e. The van der Waals surface area contributed by atoms with Gasteiger partial charge in [0.1, 0.15) is 0 Å². The predicted molar refractivity (Wildman–Crippen MR) is 49.0 cm³/mol. The number of nitrogens with one attached hydrogen (secondary N) is 1. The van der Waals surface area contributed by atoms with Crippen molar-refractivity contribution in [3.05, 3.63) is 22.4 Å². The lowest BCUT2D eigenvalue weighted by Crippen LogP contribution is -2.09. The van der Waals surface area contributed by atoms with Crippen LogP contribution in [0.2, 0.25) is 0 Å². The molecule has 1 rings (SSSR count). The minimum Gasteiger partial charge on any atom is -0.325 e. The average molecular weight is 216 g/mol. The third-order valence-electron chi connectivity index (χ3n) is 1.19. The largest absolute Gasteiger partial charge is 0.325 e. The van der Waals surface area contributed by atoms with Gasteiger partial charge in [0.2, 0.25) is 0 Å². The summed E-state index contributed by atoms with van der Waals surface area (Å²) in [6.45, 7) is 1.92. The third-order valence-corrected chi connectivity index (χ3v) is 1.82. The lowest BCUT2D eigenvalue weighted by atomic mass is 10.3. The standard InChI is InChI=1S/C7H10BrN3/c1-5(9)2-3-7-6(8)4-10-11-7/h2-5H,9H2,1H3,(H,10,11)/b3-2+. The van der Waals surface area contributed by atoms with Gasteiger partial charge < -0.3 is 5.73 Å². The Morgan fingerprint density at radius 2 is 2.55 bits per heavy atom. The molecule has 1 unspecified atom stereocenters. The van der Waals surface area contributed by atoms with E-state index in [2.05, 4.69) is 26.1 Å². The van der Waals surface area contributed by atoms with Gasteiger partial charge in [-0.2, -0.15) is 5.10 Å². The molecule has 4 heteroatoms. The summed E-state index contributed by atoms with van der Waals surface area (Å²) in [5.74, 6) is 0. The van der Waals surface area contributed by atoms with Gasteiger partial charge in [-0.15, -0.1) is 0 Å². The molecule has 0 fully saturated rings. The zero-order valence-corrected chi connectivity index (χ0v) is 7.80. The predicted octanol–water partition coefficient (Wildman–Crippen LogP) is 1.53. The summed E-state index contributed by atoms with van der Waals surface area (Å²) in [6.07, 6.45) is 5.51. The molecule has 0 aliphatic heterocycles. The Balaban J connectivity index is 2.71. The number of aromatic nitrogens is 2. The van der Waals surface area contributed by atoms with Crippen LogP contribution in [0.5, 0.6) is 0 Å². The Hall–Kier alpha value is -0.610. The Morgan fingerprint density at radius 3 is 3.00 bits per heavy atom. The molecule has 0 aromatic carbocycles. The molecule has 11 heavy (non-hydrogen) atoms. The van der Waals surface area contributed by atoms with Gasteiger partial charge >= 0.3 is 0 Å². The maximum absolute atomic E-state index is 5.52. The van der Waals surface area contributed by atoms with Gasteiger partial charge in [0, 0.05) is 6.04 Å². The number of nitrogens with zero attached hydrogens (tertiary/aromatic N) is 1. The summed E-state index contributed by atoms with van der Waals surface area (Å²) in [7, 11) is 0. The van der Waals surface area contributed by atoms with E-state index in [1.807, 2.05) is 19.1 Å². The molecule has 0 spiro atoms. The molecule has 1 aromatic rings. The van der Waals surface area contributed by atoms with E-state index < -0.39 is 0 Å². The van der Waals surface area contributed by atoms with Crippen LogP contribution < -0.4 is 5.73 Å². The highest BCUT2D eigenvalue weighted by atomic mass is 79.9. The lowest BCUT2D eigenvalue weighted by Gasteiger charge is -1.92. The van der Waals surface area contributed by atoms with Crippen molar-refractivity contribution in [3.63, 3.8) is 0 Å². The van der Waals surface area contributed by atoms with Crippen LogP contribution in [0.25, 0.3) is 6.08 Å². The van der Waals surface area contributed by atoms with Crippen molar-refractivity contribution in [2.75, 3.05) is 0 Å². The fourth-order valence-electron chi connectivity index (χ4n) is 0.646. The van der Waals surface area contributed by atoms with Crippen molar-refractivity contribution >= 4 is 22.0 Å². The Kier molecular flexibility index (Phi) is 2.84. The summed E-state index contributed by atoms with van der Waals surface area (Å²) >= 11 is 3.33. The molecular formula is C7H10BrN3. The van der Waals surface area contributed by atoms with Crippen LogP contribution in [-0.2, 0) is 0 Å². The molecule has 0 amide bonds. The van der Waals surface area contributed by atoms with Crippen LogP contribution in [0.4, 0.5) is 0 Å².